The number of oxazole rings is 2. The summed E-state index contributed by atoms with van der Waals surface area (Å²) in [7, 11) is -6.02. The molecule has 6 aromatic rings. The second kappa shape index (κ2) is 37.2. The zero-order valence-corrected chi connectivity index (χ0v) is 62.6. The highest BCUT2D eigenvalue weighted by molar-refractivity contribution is 7.89. The van der Waals surface area contributed by atoms with Crippen molar-refractivity contribution in [3.63, 3.8) is 0 Å². The molecule has 105 heavy (non-hydrogen) atoms. The second-order valence-electron chi connectivity index (χ2n) is 27.8. The lowest BCUT2D eigenvalue weighted by molar-refractivity contribution is -0.140. The van der Waals surface area contributed by atoms with E-state index in [9.17, 15) is 55.2 Å². The molecule has 2 aromatic heterocycles. The number of piperidine rings is 2. The lowest BCUT2D eigenvalue weighted by atomic mass is 9.91. The number of ketones is 2. The Labute approximate surface area is 621 Å². The van der Waals surface area contributed by atoms with Gasteiger partial charge < -0.3 is 59.2 Å². The zero-order chi connectivity index (χ0) is 75.0. The van der Waals surface area contributed by atoms with Crippen molar-refractivity contribution in [2.45, 2.75) is 158 Å². The molecule has 5 aliphatic heterocycles. The first-order valence-corrected chi connectivity index (χ1v) is 40.4. The van der Waals surface area contributed by atoms with Gasteiger partial charge in [-0.05, 0) is 169 Å². The molecule has 6 N–H and O–H groups in total. The lowest BCUT2D eigenvalue weighted by Gasteiger charge is -2.30. The van der Waals surface area contributed by atoms with Gasteiger partial charge in [-0.25, -0.2) is 36.2 Å². The molecule has 0 aliphatic carbocycles. The number of carbonyl (C=O) groups is 8. The van der Waals surface area contributed by atoms with E-state index in [1.165, 1.54) is 14.7 Å². The van der Waals surface area contributed by atoms with Gasteiger partial charge in [0.25, 0.3) is 11.8 Å². The SMILES string of the molecule is CCN(C)C(=O)C[C@H](NC(=O)[C@@H]1C[C@@H](OCc2ccc(Cl)cc2)CN1C(=O)[C@@H](CCC1CCNCC1)NS(C)(=O)=O)C(=O)c1nc2ccccc2o1.CS(=O)(=O)N[C@H](CCC1CCNCC1)C(=O)N1C[C@H](OCc2ccc(Cl)cc2)C[C@H]1C(=O)N[C@@H](CC(=O)N1CCCC1)C(=O)c1nc2ccccc2o1. The summed E-state index contributed by atoms with van der Waals surface area (Å²) in [5, 5.41) is 13.3. The Morgan fingerprint density at radius 1 is 0.581 bits per heavy atom. The molecule has 5 fully saturated rings. The topological polar surface area (TPSA) is 360 Å². The zero-order valence-electron chi connectivity index (χ0n) is 59.5. The summed E-state index contributed by atoms with van der Waals surface area (Å²) >= 11 is 12.1. The number of para-hydroxylation sites is 4. The van der Waals surface area contributed by atoms with Gasteiger partial charge in [-0.15, -0.1) is 0 Å². The molecule has 0 bridgehead atoms. The van der Waals surface area contributed by atoms with E-state index in [-0.39, 0.29) is 82.5 Å². The van der Waals surface area contributed by atoms with Crippen LogP contribution in [0.25, 0.3) is 22.2 Å². The fraction of sp³-hybridized carbons (Fsp3) is 0.534. The number of benzene rings is 4. The van der Waals surface area contributed by atoms with E-state index < -0.39 is 110 Å². The summed E-state index contributed by atoms with van der Waals surface area (Å²) in [6, 6.07) is 20.7. The first-order valence-electron chi connectivity index (χ1n) is 35.9. The molecule has 7 heterocycles. The number of aromatic nitrogens is 2. The fourth-order valence-corrected chi connectivity index (χ4v) is 15.6. The van der Waals surface area contributed by atoms with Crippen molar-refractivity contribution in [1.82, 2.24) is 60.3 Å². The van der Waals surface area contributed by atoms with E-state index in [4.69, 9.17) is 41.5 Å². The lowest BCUT2D eigenvalue weighted by Crippen LogP contribution is -2.55. The molecule has 0 radical (unpaired) electrons. The minimum atomic E-state index is -3.80. The molecule has 8 atom stereocenters. The maximum absolute atomic E-state index is 14.3. The number of amides is 6. The third-order valence-electron chi connectivity index (χ3n) is 19.8. The van der Waals surface area contributed by atoms with Crippen LogP contribution in [0.2, 0.25) is 10.0 Å². The van der Waals surface area contributed by atoms with Crippen molar-refractivity contribution in [3.05, 3.63) is 130 Å². The number of nitrogens with one attached hydrogen (secondary N) is 6. The predicted molar refractivity (Wildman–Crippen MR) is 392 cm³/mol. The average molecular weight is 1530 g/mol. The minimum absolute atomic E-state index is 0.00104. The first kappa shape index (κ1) is 79.8. The predicted octanol–water partition coefficient (Wildman–Crippen LogP) is 5.95. The van der Waals surface area contributed by atoms with Crippen LogP contribution >= 0.6 is 23.2 Å². The van der Waals surface area contributed by atoms with Gasteiger partial charge in [-0.3, -0.25) is 38.4 Å². The molecule has 32 heteroatoms. The normalized spacial score (nSPS) is 20.1. The molecular weight excluding hydrogens is 1440 g/mol. The minimum Gasteiger partial charge on any atom is -0.434 e. The molecule has 5 aliphatic rings. The molecule has 5 saturated heterocycles. The van der Waals surface area contributed by atoms with E-state index in [0.717, 1.165) is 88.3 Å². The Morgan fingerprint density at radius 2 is 0.981 bits per heavy atom. The van der Waals surface area contributed by atoms with Crippen molar-refractivity contribution >= 4 is 112 Å². The number of likely N-dealkylation sites (tertiary alicyclic amines) is 3. The van der Waals surface area contributed by atoms with Crippen LogP contribution in [0.4, 0.5) is 0 Å². The van der Waals surface area contributed by atoms with Crippen LogP contribution in [0.1, 0.15) is 129 Å². The summed E-state index contributed by atoms with van der Waals surface area (Å²) < 4.78 is 78.8. The molecular formula is C73H94Cl2N12O16S2. The molecule has 28 nitrogen and oxygen atoms in total. The van der Waals surface area contributed by atoms with Gasteiger partial charge in [0.2, 0.25) is 67.1 Å². The molecule has 4 aromatic carbocycles. The Morgan fingerprint density at radius 3 is 1.37 bits per heavy atom. The summed E-state index contributed by atoms with van der Waals surface area (Å²) in [6.45, 7) is 7.05. The second-order valence-corrected chi connectivity index (χ2v) is 32.2. The van der Waals surface area contributed by atoms with E-state index in [1.807, 2.05) is 24.3 Å². The largest absolute Gasteiger partial charge is 0.434 e. The number of fused-ring (bicyclic) bond motifs is 2. The van der Waals surface area contributed by atoms with Crippen molar-refractivity contribution in [1.29, 1.82) is 0 Å². The number of rotatable bonds is 31. The van der Waals surface area contributed by atoms with Crippen LogP contribution < -0.4 is 30.7 Å². The number of sulfonamides is 2. The van der Waals surface area contributed by atoms with E-state index in [0.29, 0.717) is 76.6 Å². The van der Waals surface area contributed by atoms with Crippen LogP contribution in [0.15, 0.2) is 106 Å². The van der Waals surface area contributed by atoms with Crippen LogP contribution in [-0.4, -0.2) is 220 Å². The van der Waals surface area contributed by atoms with Crippen molar-refractivity contribution in [2.75, 3.05) is 78.5 Å². The highest BCUT2D eigenvalue weighted by Crippen LogP contribution is 2.30. The molecule has 568 valence electrons. The van der Waals surface area contributed by atoms with Crippen LogP contribution in [0.3, 0.4) is 0 Å². The molecule has 0 unspecified atom stereocenters. The molecule has 11 rings (SSSR count). The summed E-state index contributed by atoms with van der Waals surface area (Å²) in [5.74, 6) is -4.41. The van der Waals surface area contributed by atoms with E-state index >= 15 is 0 Å². The quantitative estimate of drug-likeness (QED) is 0.0274. The van der Waals surface area contributed by atoms with Gasteiger partial charge >= 0.3 is 0 Å². The Hall–Kier alpha value is -7.78. The monoisotopic (exact) mass is 1530 g/mol. The standard InChI is InChI=1S/C37H47ClN6O8S.C36H47ClN6O8S/c1-53(49,50)42-29(13-10-24-14-16-39-17-15-24)37(48)44-22-27(51-23-25-8-11-26(38)12-9-25)20-31(44)35(47)40-30(21-33(45)43-18-4-5-19-43)34(46)36-41-28-6-2-3-7-32(28)52-36;1-4-42(2)32(44)20-29(33(45)35-40-27-7-5-6-8-31(27)51-35)39-34(46)30-19-26(50-22-24-9-12-25(37)13-10-24)21-43(30)36(47)28(41-52(3,48)49)14-11-23-15-17-38-18-16-23/h2-3,6-9,11-12,24,27,29-31,39,42H,4-5,10,13-23H2,1H3,(H,40,47);5-10,12-13,23,26,28-30,38,41H,4,11,14-22H2,1-3H3,(H,39,46)/t27-,29-,30+,31+;26-,28-,29+,30+/m11/s1. The van der Waals surface area contributed by atoms with Gasteiger partial charge in [-0.2, -0.15) is 0 Å². The Bertz CT molecular complexity index is 4180. The summed E-state index contributed by atoms with van der Waals surface area (Å²) in [5.41, 5.74) is 3.31. The highest BCUT2D eigenvalue weighted by Gasteiger charge is 2.47. The summed E-state index contributed by atoms with van der Waals surface area (Å²) in [6.07, 6.45) is 7.35. The summed E-state index contributed by atoms with van der Waals surface area (Å²) in [4.78, 5) is 126. The fourth-order valence-electron chi connectivity index (χ4n) is 13.9. The van der Waals surface area contributed by atoms with Crippen molar-refractivity contribution in [2.24, 2.45) is 11.8 Å². The van der Waals surface area contributed by atoms with Gasteiger partial charge in [0, 0.05) is 62.7 Å². The van der Waals surface area contributed by atoms with E-state index in [2.05, 4.69) is 40.7 Å². The highest BCUT2D eigenvalue weighted by atomic mass is 35.5. The number of carbonyl (C=O) groups excluding carboxylic acids is 8. The Balaban J connectivity index is 0.000000225. The van der Waals surface area contributed by atoms with Gasteiger partial charge in [0.1, 0.15) is 47.3 Å². The van der Waals surface area contributed by atoms with Crippen LogP contribution in [0, 0.1) is 11.8 Å². The van der Waals surface area contributed by atoms with Crippen LogP contribution in [-0.2, 0) is 71.5 Å². The average Bonchev–Trinajstić information content (AvgIpc) is 1.69. The third-order valence-corrected chi connectivity index (χ3v) is 21.8. The van der Waals surface area contributed by atoms with Crippen LogP contribution in [0.5, 0.6) is 0 Å². The maximum Gasteiger partial charge on any atom is 0.266 e. The number of ether oxygens (including phenoxy) is 2. The number of hydrogen-bond donors (Lipinski definition) is 6. The number of Topliss-reactive ketones (excluding diaryl/α,β-unsaturated/α-hetero) is 2. The maximum atomic E-state index is 14.3. The molecule has 0 spiro atoms. The van der Waals surface area contributed by atoms with Gasteiger partial charge in [0.05, 0.1) is 50.8 Å². The number of halogens is 2. The third kappa shape index (κ3) is 22.9. The van der Waals surface area contributed by atoms with Crippen molar-refractivity contribution < 1.29 is 73.5 Å². The molecule has 6 amide bonds. The number of hydrogen-bond acceptors (Lipinski definition) is 20. The van der Waals surface area contributed by atoms with E-state index in [1.54, 1.807) is 91.7 Å². The smallest absolute Gasteiger partial charge is 0.266 e. The van der Waals surface area contributed by atoms with Crippen molar-refractivity contribution in [3.8, 4) is 0 Å². The van der Waals surface area contributed by atoms with Gasteiger partial charge in [-0.1, -0.05) is 71.7 Å². The first-order chi connectivity index (χ1) is 50.2. The molecule has 0 saturated carbocycles. The van der Waals surface area contributed by atoms with Gasteiger partial charge in [0.15, 0.2) is 11.2 Å². The Kier molecular flexibility index (Phi) is 28.2. The number of nitrogens with zero attached hydrogens (tertiary/aromatic N) is 6.